The van der Waals surface area contributed by atoms with Gasteiger partial charge in [-0.05, 0) is 0 Å². The molecular weight excluding hydrogens is 252 g/mol. The van der Waals surface area contributed by atoms with Gasteiger partial charge in [-0.2, -0.15) is 0 Å². The average molecular weight is 252 g/mol. The molecule has 0 aliphatic carbocycles. The van der Waals surface area contributed by atoms with Crippen molar-refractivity contribution in [3.63, 3.8) is 0 Å². The molecule has 0 amide bonds. The van der Waals surface area contributed by atoms with Gasteiger partial charge in [0.2, 0.25) is 0 Å². The number of hydrogen-bond acceptors (Lipinski definition) is 4. The quantitative estimate of drug-likeness (QED) is 0.526. The van der Waals surface area contributed by atoms with E-state index in [0.29, 0.717) is 0 Å². The predicted octanol–water partition coefficient (Wildman–Crippen LogP) is 1.67. The van der Waals surface area contributed by atoms with Gasteiger partial charge >= 0.3 is 44.2 Å². The molecule has 0 aromatic heterocycles. The standard InChI is InChI=1S/FO.4FH.Nb.3O/c1-2;;;;;;;;/h;4*1H;;;;/q-1;;;;;+5;;;/p-4. The van der Waals surface area contributed by atoms with Crippen molar-refractivity contribution in [2.75, 3.05) is 0 Å². The van der Waals surface area contributed by atoms with Crippen LogP contribution in [0.3, 0.4) is 0 Å². The molecule has 0 aromatic rings. The molecule has 0 radical (unpaired) electrons. The van der Waals surface area contributed by atoms with Crippen LogP contribution in [0.5, 0.6) is 0 Å². The fourth-order valence-electron chi connectivity index (χ4n) is 0. The summed E-state index contributed by atoms with van der Waals surface area (Å²) in [7, 11) is 0. The molecule has 4 nitrogen and oxygen atoms in total. The minimum absolute atomic E-state index is 0.0271. The van der Waals surface area contributed by atoms with Crippen LogP contribution in [0.2, 0.25) is 0 Å². The molecule has 0 N–H and O–H groups in total. The maximum atomic E-state index is 10.8. The van der Waals surface area contributed by atoms with Crippen LogP contribution in [0.4, 0.5) is 16.6 Å². The summed E-state index contributed by atoms with van der Waals surface area (Å²) >= 11 is -14.3. The molecule has 0 spiro atoms. The zero-order valence-electron chi connectivity index (χ0n) is 3.97. The van der Waals surface area contributed by atoms with E-state index in [0.717, 1.165) is 0 Å². The van der Waals surface area contributed by atoms with Gasteiger partial charge in [0, 0.05) is 0 Å². The zero-order chi connectivity index (χ0) is 9.06. The van der Waals surface area contributed by atoms with Crippen LogP contribution in [-0.2, 0) is 27.6 Å². The summed E-state index contributed by atoms with van der Waals surface area (Å²) in [4.78, 5) is 0. The third kappa shape index (κ3) is 7.75. The summed E-state index contributed by atoms with van der Waals surface area (Å²) in [6.45, 7) is 0. The van der Waals surface area contributed by atoms with Gasteiger partial charge in [-0.25, -0.2) is 0 Å². The Morgan fingerprint density at radius 3 is 1.00 bits per heavy atom. The van der Waals surface area contributed by atoms with Crippen molar-refractivity contribution in [1.29, 1.82) is 0 Å². The Balaban J connectivity index is 6.97. The first-order valence-electron chi connectivity index (χ1n) is 1.56. The van der Waals surface area contributed by atoms with E-state index in [4.69, 9.17) is 9.75 Å². The van der Waals surface area contributed by atoms with E-state index in [-0.39, 0.29) is 3.45 Å². The Labute approximate surface area is 45.0 Å². The van der Waals surface area contributed by atoms with Gasteiger partial charge in [-0.3, -0.25) is 0 Å². The molecule has 0 saturated heterocycles. The van der Waals surface area contributed by atoms with Crippen molar-refractivity contribution in [1.82, 2.24) is 0 Å². The third-order valence-corrected chi connectivity index (χ3v) is 1.12. The van der Waals surface area contributed by atoms with E-state index in [9.17, 15) is 16.6 Å². The van der Waals surface area contributed by atoms with Gasteiger partial charge in [0.05, 0.1) is 0 Å². The fraction of sp³-hybridized carbons (Fsp3) is 0. The molecule has 64 valence electrons. The van der Waals surface area contributed by atoms with E-state index >= 15 is 0 Å². The summed E-state index contributed by atoms with van der Waals surface area (Å²) in [5, 5.41) is 0. The van der Waals surface area contributed by atoms with Crippen LogP contribution < -0.4 is 0 Å². The van der Waals surface area contributed by atoms with Crippen molar-refractivity contribution in [2.45, 2.75) is 0 Å². The molecule has 0 atom stereocenters. The van der Waals surface area contributed by atoms with E-state index in [1.807, 2.05) is 0 Å². The third-order valence-electron chi connectivity index (χ3n) is 0.189. The normalized spacial score (nSPS) is 28.9. The molecule has 10 heteroatoms. The molecule has 0 aliphatic heterocycles. The van der Waals surface area contributed by atoms with Gasteiger partial charge in [0.25, 0.3) is 0 Å². The van der Waals surface area contributed by atoms with Crippen LogP contribution in [-0.4, -0.2) is 0 Å². The Bertz CT molecular complexity index is 467. The number of rotatable bonds is 1. The second kappa shape index (κ2) is 0.636. The van der Waals surface area contributed by atoms with Crippen molar-refractivity contribution in [3.05, 3.63) is 0 Å². The first-order valence-corrected chi connectivity index (χ1v) is 8.47. The van der Waals surface area contributed by atoms with Crippen LogP contribution in [0.15, 0.2) is 0 Å². The summed E-state index contributed by atoms with van der Waals surface area (Å²) < 4.78 is 79.0. The molecule has 0 fully saturated rings. The second-order valence-electron chi connectivity index (χ2n) is 2.00. The maximum absolute atomic E-state index is 14.3. The molecule has 0 heterocycles. The predicted molar refractivity (Wildman–Crippen MR) is 8.68 cm³/mol. The monoisotopic (exact) mass is 252 g/mol. The number of halogens is 5. The summed E-state index contributed by atoms with van der Waals surface area (Å²) in [5.41, 5.74) is 0. The van der Waals surface area contributed by atoms with Crippen LogP contribution in [0.25, 0.3) is 0 Å². The van der Waals surface area contributed by atoms with E-state index in [1.54, 1.807) is 0 Å². The zero-order valence-corrected chi connectivity index (χ0v) is 6.17. The SMILES string of the molecule is [O]=[Nb](=[O])(=[O])([F])([F])([F])([F])[O]F. The van der Waals surface area contributed by atoms with Crippen molar-refractivity contribution in [2.24, 2.45) is 0 Å². The molecule has 0 rings (SSSR count). The Kier molecular flexibility index (Phi) is 0.620. The van der Waals surface area contributed by atoms with Crippen molar-refractivity contribution < 1.29 is 44.2 Å². The molecule has 0 bridgehead atoms. The van der Waals surface area contributed by atoms with Crippen molar-refractivity contribution >= 4 is 0 Å². The van der Waals surface area contributed by atoms with Crippen molar-refractivity contribution in [3.8, 4) is 0 Å². The van der Waals surface area contributed by atoms with Crippen LogP contribution in [0, 0.1) is 0 Å². The van der Waals surface area contributed by atoms with Gasteiger partial charge in [0.15, 0.2) is 0 Å². The Morgan fingerprint density at radius 2 is 1.00 bits per heavy atom. The Hall–Kier alpha value is -0.250. The Morgan fingerprint density at radius 1 is 0.900 bits per heavy atom. The molecule has 0 aromatic carbocycles. The van der Waals surface area contributed by atoms with Gasteiger partial charge < -0.3 is 0 Å². The van der Waals surface area contributed by atoms with Gasteiger partial charge in [-0.1, -0.05) is 0 Å². The average Bonchev–Trinajstić information content (AvgIpc) is 1.25. The van der Waals surface area contributed by atoms with E-state index < -0.39 is 14.4 Å². The molecular formula is F5NbO4. The fourth-order valence-corrected chi connectivity index (χ4v) is 0. The summed E-state index contributed by atoms with van der Waals surface area (Å²) in [6.07, 6.45) is 0. The first-order chi connectivity index (χ1) is 3.43. The molecule has 0 unspecified atom stereocenters. The molecule has 0 saturated carbocycles. The topological polar surface area (TPSA) is 60.4 Å². The molecule has 10 heavy (non-hydrogen) atoms. The van der Waals surface area contributed by atoms with Crippen LogP contribution in [0.1, 0.15) is 0 Å². The van der Waals surface area contributed by atoms with Gasteiger partial charge in [0.1, 0.15) is 0 Å². The van der Waals surface area contributed by atoms with Gasteiger partial charge in [-0.15, -0.1) is 0 Å². The van der Waals surface area contributed by atoms with Crippen LogP contribution >= 0.6 is 0 Å². The summed E-state index contributed by atoms with van der Waals surface area (Å²) in [6, 6.07) is 0. The second-order valence-corrected chi connectivity index (χ2v) is 11.9. The van der Waals surface area contributed by atoms with E-state index in [1.165, 1.54) is 0 Å². The van der Waals surface area contributed by atoms with E-state index in [2.05, 4.69) is 0 Å². The minimum atomic E-state index is -14.3. The number of hydrogen-bond donors (Lipinski definition) is 0. The molecule has 0 aliphatic rings. The summed E-state index contributed by atoms with van der Waals surface area (Å²) in [5.74, 6) is 0. The first kappa shape index (κ1) is 9.75.